The minimum Gasteiger partial charge on any atom is -0.506 e. The second kappa shape index (κ2) is 4.45. The lowest BCUT2D eigenvalue weighted by molar-refractivity contribution is 0.480. The van der Waals surface area contributed by atoms with Crippen LogP contribution in [-0.4, -0.2) is 10.1 Å². The monoisotopic (exact) mass is 273 g/mol. The van der Waals surface area contributed by atoms with Crippen LogP contribution in [0.2, 0.25) is 0 Å². The van der Waals surface area contributed by atoms with Crippen molar-refractivity contribution in [2.45, 2.75) is 0 Å². The Morgan fingerprint density at radius 3 is 2.35 bits per heavy atom. The van der Waals surface area contributed by atoms with E-state index in [4.69, 9.17) is 0 Å². The molecule has 0 unspecified atom stereocenters. The summed E-state index contributed by atoms with van der Waals surface area (Å²) in [6.45, 7) is 0. The summed E-state index contributed by atoms with van der Waals surface area (Å²) in [6.07, 6.45) is 0. The molecule has 0 aliphatic heterocycles. The molecule has 0 saturated heterocycles. The Kier molecular flexibility index (Phi) is 2.75. The van der Waals surface area contributed by atoms with Gasteiger partial charge in [0, 0.05) is 11.5 Å². The van der Waals surface area contributed by atoms with Crippen LogP contribution in [0.1, 0.15) is 0 Å². The van der Waals surface area contributed by atoms with Crippen LogP contribution < -0.4 is 5.56 Å². The van der Waals surface area contributed by atoms with E-state index in [9.17, 15) is 18.7 Å². The van der Waals surface area contributed by atoms with Crippen LogP contribution in [0.25, 0.3) is 22.0 Å². The lowest BCUT2D eigenvalue weighted by Gasteiger charge is -2.08. The van der Waals surface area contributed by atoms with E-state index in [0.29, 0.717) is 5.56 Å². The van der Waals surface area contributed by atoms with E-state index in [1.165, 1.54) is 0 Å². The van der Waals surface area contributed by atoms with Crippen molar-refractivity contribution in [3.8, 4) is 16.9 Å². The van der Waals surface area contributed by atoms with Crippen molar-refractivity contribution >= 4 is 10.9 Å². The third-order valence-electron chi connectivity index (χ3n) is 3.09. The van der Waals surface area contributed by atoms with E-state index in [2.05, 4.69) is 4.98 Å². The molecule has 0 bridgehead atoms. The molecule has 20 heavy (non-hydrogen) atoms. The highest BCUT2D eigenvalue weighted by molar-refractivity contribution is 5.91. The van der Waals surface area contributed by atoms with Crippen LogP contribution in [0.5, 0.6) is 5.75 Å². The Labute approximate surface area is 112 Å². The first-order valence-electron chi connectivity index (χ1n) is 5.87. The van der Waals surface area contributed by atoms with Crippen LogP contribution in [-0.2, 0) is 0 Å². The van der Waals surface area contributed by atoms with E-state index in [-0.39, 0.29) is 22.2 Å². The van der Waals surface area contributed by atoms with Gasteiger partial charge in [-0.3, -0.25) is 4.79 Å². The fourth-order valence-electron chi connectivity index (χ4n) is 2.15. The number of benzene rings is 2. The van der Waals surface area contributed by atoms with Crippen molar-refractivity contribution in [1.29, 1.82) is 0 Å². The summed E-state index contributed by atoms with van der Waals surface area (Å²) in [7, 11) is 0. The highest BCUT2D eigenvalue weighted by Gasteiger charge is 2.15. The summed E-state index contributed by atoms with van der Waals surface area (Å²) in [5.41, 5.74) is 0.0141. The van der Waals surface area contributed by atoms with Crippen molar-refractivity contribution in [2.75, 3.05) is 0 Å². The molecule has 5 heteroatoms. The number of aromatic amines is 1. The van der Waals surface area contributed by atoms with Crippen molar-refractivity contribution in [2.24, 2.45) is 0 Å². The smallest absolute Gasteiger partial charge is 0.260 e. The lowest BCUT2D eigenvalue weighted by Crippen LogP contribution is -2.09. The fourth-order valence-corrected chi connectivity index (χ4v) is 2.15. The van der Waals surface area contributed by atoms with E-state index >= 15 is 0 Å². The average Bonchev–Trinajstić information content (AvgIpc) is 2.43. The maximum atomic E-state index is 13.3. The molecule has 3 aromatic rings. The number of hydrogen-bond acceptors (Lipinski definition) is 2. The molecule has 0 amide bonds. The van der Waals surface area contributed by atoms with Crippen molar-refractivity contribution in [1.82, 2.24) is 4.98 Å². The molecule has 3 rings (SSSR count). The summed E-state index contributed by atoms with van der Waals surface area (Å²) >= 11 is 0. The van der Waals surface area contributed by atoms with Crippen molar-refractivity contribution in [3.63, 3.8) is 0 Å². The Morgan fingerprint density at radius 1 is 1.00 bits per heavy atom. The van der Waals surface area contributed by atoms with Crippen LogP contribution in [0.4, 0.5) is 8.78 Å². The molecule has 0 spiro atoms. The van der Waals surface area contributed by atoms with E-state index in [1.807, 2.05) is 0 Å². The van der Waals surface area contributed by atoms with Gasteiger partial charge in [0.2, 0.25) is 0 Å². The van der Waals surface area contributed by atoms with E-state index < -0.39 is 17.2 Å². The summed E-state index contributed by atoms with van der Waals surface area (Å²) < 4.78 is 26.4. The summed E-state index contributed by atoms with van der Waals surface area (Å²) in [5, 5.41) is 10.2. The van der Waals surface area contributed by atoms with Gasteiger partial charge in [0.05, 0.1) is 11.1 Å². The zero-order valence-electron chi connectivity index (χ0n) is 10.2. The molecule has 0 aliphatic rings. The third-order valence-corrected chi connectivity index (χ3v) is 3.09. The number of nitrogens with one attached hydrogen (secondary N) is 1. The zero-order valence-corrected chi connectivity index (χ0v) is 10.2. The lowest BCUT2D eigenvalue weighted by atomic mass is 10.0. The Balaban J connectivity index is 2.41. The zero-order chi connectivity index (χ0) is 14.3. The van der Waals surface area contributed by atoms with Gasteiger partial charge in [-0.25, -0.2) is 8.78 Å². The number of aromatic hydroxyl groups is 1. The Morgan fingerprint density at radius 2 is 1.65 bits per heavy atom. The Hall–Kier alpha value is -2.69. The van der Waals surface area contributed by atoms with Gasteiger partial charge in [0.25, 0.3) is 5.56 Å². The maximum absolute atomic E-state index is 13.3. The SMILES string of the molecule is O=c1[nH]c2cc(F)c(F)cc2c(O)c1-c1ccccc1. The molecule has 2 N–H and O–H groups in total. The summed E-state index contributed by atoms with van der Waals surface area (Å²) in [4.78, 5) is 14.5. The molecule has 2 aromatic carbocycles. The van der Waals surface area contributed by atoms with Crippen molar-refractivity contribution in [3.05, 3.63) is 64.5 Å². The van der Waals surface area contributed by atoms with Gasteiger partial charge >= 0.3 is 0 Å². The maximum Gasteiger partial charge on any atom is 0.260 e. The minimum absolute atomic E-state index is 0.0316. The van der Waals surface area contributed by atoms with Gasteiger partial charge in [0.15, 0.2) is 11.6 Å². The number of aromatic nitrogens is 1. The van der Waals surface area contributed by atoms with E-state index in [0.717, 1.165) is 12.1 Å². The number of H-pyrrole nitrogens is 1. The van der Waals surface area contributed by atoms with Crippen molar-refractivity contribution < 1.29 is 13.9 Å². The minimum atomic E-state index is -1.08. The first-order valence-corrected chi connectivity index (χ1v) is 5.87. The molecule has 0 saturated carbocycles. The third kappa shape index (κ3) is 1.84. The van der Waals surface area contributed by atoms with Gasteiger partial charge < -0.3 is 10.1 Å². The molecule has 3 nitrogen and oxygen atoms in total. The highest BCUT2D eigenvalue weighted by Crippen LogP contribution is 2.32. The normalized spacial score (nSPS) is 10.9. The molecule has 0 radical (unpaired) electrons. The largest absolute Gasteiger partial charge is 0.506 e. The highest BCUT2D eigenvalue weighted by atomic mass is 19.2. The van der Waals surface area contributed by atoms with Crippen LogP contribution in [0, 0.1) is 11.6 Å². The summed E-state index contributed by atoms with van der Waals surface area (Å²) in [5.74, 6) is -2.53. The number of fused-ring (bicyclic) bond motifs is 1. The van der Waals surface area contributed by atoms with E-state index in [1.54, 1.807) is 30.3 Å². The topological polar surface area (TPSA) is 53.1 Å². The van der Waals surface area contributed by atoms with Crippen LogP contribution in [0.15, 0.2) is 47.3 Å². The number of rotatable bonds is 1. The second-order valence-electron chi connectivity index (χ2n) is 4.36. The first-order chi connectivity index (χ1) is 9.58. The summed E-state index contributed by atoms with van der Waals surface area (Å²) in [6, 6.07) is 10.2. The Bertz CT molecular complexity index is 857. The van der Waals surface area contributed by atoms with Gasteiger partial charge in [-0.1, -0.05) is 30.3 Å². The predicted molar refractivity (Wildman–Crippen MR) is 71.6 cm³/mol. The fraction of sp³-hybridized carbons (Fsp3) is 0. The molecule has 1 aromatic heterocycles. The first kappa shape index (κ1) is 12.3. The molecule has 0 atom stereocenters. The molecular weight excluding hydrogens is 264 g/mol. The number of halogens is 2. The standard InChI is InChI=1S/C15H9F2NO2/c16-10-6-9-12(7-11(10)17)18-15(20)13(14(9)19)8-4-2-1-3-5-8/h1-7H,(H2,18,19,20). The molecule has 0 aliphatic carbocycles. The van der Waals surface area contributed by atoms with Crippen LogP contribution >= 0.6 is 0 Å². The van der Waals surface area contributed by atoms with Gasteiger partial charge in [-0.2, -0.15) is 0 Å². The molecule has 100 valence electrons. The number of hydrogen-bond donors (Lipinski definition) is 2. The van der Waals surface area contributed by atoms with Crippen LogP contribution in [0.3, 0.4) is 0 Å². The quantitative estimate of drug-likeness (QED) is 0.715. The molecular formula is C15H9F2NO2. The second-order valence-corrected chi connectivity index (χ2v) is 4.36. The van der Waals surface area contributed by atoms with Gasteiger partial charge in [-0.05, 0) is 11.6 Å². The van der Waals surface area contributed by atoms with Gasteiger partial charge in [-0.15, -0.1) is 0 Å². The molecule has 1 heterocycles. The molecule has 0 fully saturated rings. The predicted octanol–water partition coefficient (Wildman–Crippen LogP) is 3.18. The average molecular weight is 273 g/mol. The van der Waals surface area contributed by atoms with Gasteiger partial charge in [0.1, 0.15) is 5.75 Å². The number of pyridine rings is 1.